The SMILES string of the molecule is CCCCC1=N[C@](C)(CNC(=O)COC)C(=O)N1Cc1ccc(-c2ccccc2S(=O)(=O)Nc2noc(C)c2C)c(COCC)c1. The van der Waals surface area contributed by atoms with Crippen LogP contribution >= 0.6 is 0 Å². The van der Waals surface area contributed by atoms with Gasteiger partial charge in [0, 0.05) is 31.3 Å². The summed E-state index contributed by atoms with van der Waals surface area (Å²) in [5, 5.41) is 6.62. The molecule has 13 heteroatoms. The number of anilines is 1. The van der Waals surface area contributed by atoms with Crippen LogP contribution < -0.4 is 10.0 Å². The predicted molar refractivity (Wildman–Crippen MR) is 175 cm³/mol. The summed E-state index contributed by atoms with van der Waals surface area (Å²) in [7, 11) is -2.60. The first-order valence-corrected chi connectivity index (χ1v) is 16.8. The average Bonchev–Trinajstić information content (AvgIpc) is 3.47. The Labute approximate surface area is 270 Å². The number of rotatable bonds is 16. The van der Waals surface area contributed by atoms with Gasteiger partial charge in [-0.25, -0.2) is 8.42 Å². The normalized spacial score (nSPS) is 16.5. The highest BCUT2D eigenvalue weighted by molar-refractivity contribution is 7.92. The van der Waals surface area contributed by atoms with E-state index in [0.29, 0.717) is 41.3 Å². The summed E-state index contributed by atoms with van der Waals surface area (Å²) in [6, 6.07) is 12.4. The maximum atomic E-state index is 13.8. The van der Waals surface area contributed by atoms with Crippen molar-refractivity contribution in [2.45, 2.75) is 77.5 Å². The molecule has 2 aromatic carbocycles. The Balaban J connectivity index is 1.67. The number of benzene rings is 2. The summed E-state index contributed by atoms with van der Waals surface area (Å²) in [6.45, 7) is 10.0. The van der Waals surface area contributed by atoms with Crippen LogP contribution in [-0.4, -0.2) is 68.5 Å². The van der Waals surface area contributed by atoms with Crippen molar-refractivity contribution in [3.8, 4) is 11.1 Å². The van der Waals surface area contributed by atoms with Crippen molar-refractivity contribution in [1.29, 1.82) is 0 Å². The average molecular weight is 654 g/mol. The van der Waals surface area contributed by atoms with Gasteiger partial charge in [0.1, 0.15) is 18.2 Å². The molecule has 46 heavy (non-hydrogen) atoms. The lowest BCUT2D eigenvalue weighted by Crippen LogP contribution is -2.48. The van der Waals surface area contributed by atoms with Crippen LogP contribution in [0.5, 0.6) is 0 Å². The van der Waals surface area contributed by atoms with Gasteiger partial charge in [0.05, 0.1) is 24.6 Å². The molecule has 0 aliphatic carbocycles. The molecule has 0 fully saturated rings. The first kappa shape index (κ1) is 34.8. The molecule has 248 valence electrons. The second kappa shape index (κ2) is 15.0. The number of sulfonamides is 1. The number of aryl methyl sites for hydroxylation is 1. The van der Waals surface area contributed by atoms with Crippen LogP contribution in [0.1, 0.15) is 62.5 Å². The molecule has 0 unspecified atom stereocenters. The molecule has 0 saturated heterocycles. The molecular formula is C33H43N5O7S. The zero-order valence-electron chi connectivity index (χ0n) is 27.3. The van der Waals surface area contributed by atoms with Crippen molar-refractivity contribution in [1.82, 2.24) is 15.4 Å². The molecule has 3 aromatic rings. The van der Waals surface area contributed by atoms with Gasteiger partial charge in [0.15, 0.2) is 11.4 Å². The maximum absolute atomic E-state index is 13.8. The number of aromatic nitrogens is 1. The number of nitrogens with zero attached hydrogens (tertiary/aromatic N) is 3. The van der Waals surface area contributed by atoms with Crippen LogP contribution in [0.25, 0.3) is 11.1 Å². The molecule has 2 amide bonds. The van der Waals surface area contributed by atoms with E-state index in [4.69, 9.17) is 19.0 Å². The van der Waals surface area contributed by atoms with Crippen LogP contribution in [-0.2, 0) is 42.2 Å². The number of hydrogen-bond donors (Lipinski definition) is 2. The third-order valence-electron chi connectivity index (χ3n) is 7.88. The third-order valence-corrected chi connectivity index (χ3v) is 9.28. The van der Waals surface area contributed by atoms with Gasteiger partial charge in [-0.05, 0) is 56.9 Å². The standard InChI is InChI=1S/C33H43N5O7S/c1-7-9-14-29-35-33(5,21-34-30(39)20-43-6)32(40)38(29)18-24-15-16-26(25(17-24)19-44-8-2)27-12-10-11-13-28(27)46(41,42)37-31-22(3)23(4)45-36-31/h10-13,15-17H,7-9,14,18-21H2,1-6H3,(H,34,39)(H,36,37)/t33-/m1/s1. The highest BCUT2D eigenvalue weighted by Crippen LogP contribution is 2.34. The monoisotopic (exact) mass is 653 g/mol. The maximum Gasteiger partial charge on any atom is 0.263 e. The Morgan fingerprint density at radius 1 is 1.11 bits per heavy atom. The molecule has 1 atom stereocenters. The van der Waals surface area contributed by atoms with E-state index in [0.717, 1.165) is 24.0 Å². The van der Waals surface area contributed by atoms with Gasteiger partial charge in [-0.3, -0.25) is 24.2 Å². The summed E-state index contributed by atoms with van der Waals surface area (Å²) in [5.41, 5.74) is 2.25. The Morgan fingerprint density at radius 2 is 1.87 bits per heavy atom. The minimum atomic E-state index is -4.04. The van der Waals surface area contributed by atoms with E-state index in [9.17, 15) is 18.0 Å². The van der Waals surface area contributed by atoms with E-state index >= 15 is 0 Å². The molecule has 4 rings (SSSR count). The quantitative estimate of drug-likeness (QED) is 0.225. The second-order valence-electron chi connectivity index (χ2n) is 11.4. The molecule has 2 heterocycles. The zero-order chi connectivity index (χ0) is 33.5. The molecule has 1 aliphatic heterocycles. The van der Waals surface area contributed by atoms with Crippen molar-refractivity contribution >= 4 is 33.5 Å². The van der Waals surface area contributed by atoms with Crippen LogP contribution in [0.3, 0.4) is 0 Å². The predicted octanol–water partition coefficient (Wildman–Crippen LogP) is 4.75. The number of carbonyl (C=O) groups excluding carboxylic acids is 2. The van der Waals surface area contributed by atoms with E-state index in [1.807, 2.05) is 25.1 Å². The molecule has 2 N–H and O–H groups in total. The second-order valence-corrected chi connectivity index (χ2v) is 13.1. The lowest BCUT2D eigenvalue weighted by Gasteiger charge is -2.24. The fourth-order valence-corrected chi connectivity index (χ4v) is 6.48. The number of carbonyl (C=O) groups is 2. The molecule has 0 saturated carbocycles. The Kier molecular flexibility index (Phi) is 11.4. The number of hydrogen-bond acceptors (Lipinski definition) is 9. The van der Waals surface area contributed by atoms with Gasteiger partial charge in [-0.2, -0.15) is 0 Å². The van der Waals surface area contributed by atoms with E-state index in [1.165, 1.54) is 7.11 Å². The summed E-state index contributed by atoms with van der Waals surface area (Å²) < 4.78 is 45.6. The summed E-state index contributed by atoms with van der Waals surface area (Å²) in [5.74, 6) is 0.814. The Bertz CT molecular complexity index is 1700. The van der Waals surface area contributed by atoms with Gasteiger partial charge >= 0.3 is 0 Å². The molecular weight excluding hydrogens is 610 g/mol. The van der Waals surface area contributed by atoms with Crippen LogP contribution in [0, 0.1) is 13.8 Å². The summed E-state index contributed by atoms with van der Waals surface area (Å²) in [4.78, 5) is 32.4. The van der Waals surface area contributed by atoms with E-state index in [1.54, 1.807) is 49.9 Å². The minimum Gasteiger partial charge on any atom is -0.377 e. The van der Waals surface area contributed by atoms with E-state index in [-0.39, 0.29) is 48.8 Å². The fourth-order valence-electron chi connectivity index (χ4n) is 5.20. The zero-order valence-corrected chi connectivity index (χ0v) is 28.1. The van der Waals surface area contributed by atoms with Crippen LogP contribution in [0.4, 0.5) is 5.82 Å². The molecule has 0 radical (unpaired) electrons. The highest BCUT2D eigenvalue weighted by atomic mass is 32.2. The van der Waals surface area contributed by atoms with Crippen LogP contribution in [0.15, 0.2) is 56.9 Å². The van der Waals surface area contributed by atoms with E-state index < -0.39 is 15.6 Å². The number of amidine groups is 1. The van der Waals surface area contributed by atoms with Gasteiger partial charge in [-0.15, -0.1) is 0 Å². The molecule has 1 aliphatic rings. The van der Waals surface area contributed by atoms with Crippen molar-refractivity contribution in [2.24, 2.45) is 4.99 Å². The smallest absolute Gasteiger partial charge is 0.263 e. The number of ether oxygens (including phenoxy) is 2. The number of unbranched alkanes of at least 4 members (excludes halogenated alkanes) is 1. The molecule has 1 aromatic heterocycles. The van der Waals surface area contributed by atoms with Gasteiger partial charge in [0.25, 0.3) is 15.9 Å². The summed E-state index contributed by atoms with van der Waals surface area (Å²) >= 11 is 0. The minimum absolute atomic E-state index is 0.0569. The lowest BCUT2D eigenvalue weighted by atomic mass is 9.97. The topological polar surface area (TPSA) is 152 Å². The van der Waals surface area contributed by atoms with Crippen molar-refractivity contribution in [3.63, 3.8) is 0 Å². The third kappa shape index (κ3) is 7.83. The largest absolute Gasteiger partial charge is 0.377 e. The van der Waals surface area contributed by atoms with Gasteiger partial charge in [-0.1, -0.05) is 54.9 Å². The summed E-state index contributed by atoms with van der Waals surface area (Å²) in [6.07, 6.45) is 2.41. The highest BCUT2D eigenvalue weighted by Gasteiger charge is 2.44. The van der Waals surface area contributed by atoms with Gasteiger partial charge in [0.2, 0.25) is 5.91 Å². The number of nitrogens with one attached hydrogen (secondary N) is 2. The number of amides is 2. The lowest BCUT2D eigenvalue weighted by molar-refractivity contribution is -0.131. The van der Waals surface area contributed by atoms with Crippen LogP contribution in [0.2, 0.25) is 0 Å². The van der Waals surface area contributed by atoms with Crippen molar-refractivity contribution in [2.75, 3.05) is 31.6 Å². The van der Waals surface area contributed by atoms with Crippen molar-refractivity contribution < 1.29 is 32.0 Å². The Morgan fingerprint density at radius 3 is 2.54 bits per heavy atom. The molecule has 12 nitrogen and oxygen atoms in total. The number of aliphatic imine (C=N–C) groups is 1. The Hall–Kier alpha value is -4.07. The number of methoxy groups -OCH3 is 1. The van der Waals surface area contributed by atoms with E-state index in [2.05, 4.69) is 22.1 Å². The first-order valence-electron chi connectivity index (χ1n) is 15.3. The van der Waals surface area contributed by atoms with Crippen molar-refractivity contribution in [3.05, 3.63) is 64.9 Å². The van der Waals surface area contributed by atoms with Gasteiger partial charge < -0.3 is 19.3 Å². The molecule has 0 spiro atoms. The molecule has 0 bridgehead atoms. The fraction of sp³-hybridized carbons (Fsp3) is 0.455. The first-order chi connectivity index (χ1) is 21.9.